The van der Waals surface area contributed by atoms with E-state index >= 15 is 0 Å². The van der Waals surface area contributed by atoms with Gasteiger partial charge in [-0.25, -0.2) is 0 Å². The Bertz CT molecular complexity index is 914. The van der Waals surface area contributed by atoms with Crippen molar-refractivity contribution < 1.29 is 4.74 Å². The molecule has 0 amide bonds. The van der Waals surface area contributed by atoms with Crippen LogP contribution in [0.3, 0.4) is 0 Å². The average Bonchev–Trinajstić information content (AvgIpc) is 3.06. The van der Waals surface area contributed by atoms with Gasteiger partial charge in [-0.1, -0.05) is 47.1 Å². The van der Waals surface area contributed by atoms with Crippen molar-refractivity contribution in [3.8, 4) is 17.1 Å². The highest BCUT2D eigenvalue weighted by Crippen LogP contribution is 2.32. The molecule has 0 bridgehead atoms. The number of ether oxygens (including phenoxy) is 1. The predicted molar refractivity (Wildman–Crippen MR) is 109 cm³/mol. The van der Waals surface area contributed by atoms with E-state index in [9.17, 15) is 0 Å². The van der Waals surface area contributed by atoms with E-state index in [0.29, 0.717) is 16.0 Å². The predicted octanol–water partition coefficient (Wildman–Crippen LogP) is 5.00. The number of hydrogen-bond donors (Lipinski definition) is 0. The average molecular weight is 409 g/mol. The lowest BCUT2D eigenvalue weighted by Crippen LogP contribution is -2.08. The second-order valence-electron chi connectivity index (χ2n) is 5.74. The first kappa shape index (κ1) is 19.0. The second kappa shape index (κ2) is 8.31. The van der Waals surface area contributed by atoms with Gasteiger partial charge in [0.15, 0.2) is 11.0 Å². The molecule has 1 heterocycles. The summed E-state index contributed by atoms with van der Waals surface area (Å²) in [5.41, 5.74) is 2.88. The lowest BCUT2D eigenvalue weighted by molar-refractivity contribution is 0.258. The summed E-state index contributed by atoms with van der Waals surface area (Å²) in [5, 5.41) is 10.5. The zero-order valence-electron chi connectivity index (χ0n) is 14.6. The third-order valence-electron chi connectivity index (χ3n) is 3.72. The zero-order chi connectivity index (χ0) is 18.7. The van der Waals surface area contributed by atoms with Crippen molar-refractivity contribution in [2.24, 2.45) is 0 Å². The second-order valence-corrected chi connectivity index (χ2v) is 7.44. The highest BCUT2D eigenvalue weighted by molar-refractivity contribution is 7.99. The van der Waals surface area contributed by atoms with Crippen molar-refractivity contribution >= 4 is 40.7 Å². The van der Waals surface area contributed by atoms with Crippen LogP contribution in [-0.2, 0) is 4.74 Å². The van der Waals surface area contributed by atoms with Gasteiger partial charge in [-0.2, -0.15) is 0 Å². The summed E-state index contributed by atoms with van der Waals surface area (Å²) >= 11 is 13.8. The lowest BCUT2D eigenvalue weighted by atomic mass is 10.1. The number of hydrogen-bond acceptors (Lipinski definition) is 5. The molecule has 8 heteroatoms. The molecule has 3 rings (SSSR count). The quantitative estimate of drug-likeness (QED) is 0.423. The monoisotopic (exact) mass is 408 g/mol. The Balaban J connectivity index is 2.15. The Kier molecular flexibility index (Phi) is 6.09. The maximum atomic E-state index is 6.23. The van der Waals surface area contributed by atoms with Crippen LogP contribution in [0.5, 0.6) is 0 Å². The van der Waals surface area contributed by atoms with Crippen LogP contribution in [-0.4, -0.2) is 41.9 Å². The normalized spacial score (nSPS) is 11.0. The van der Waals surface area contributed by atoms with Crippen molar-refractivity contribution in [2.75, 3.05) is 32.0 Å². The SMILES string of the molecule is COCSc1nnc(-c2cccc(N(C)C)c2)n1-c1ccc(Cl)c(Cl)c1. The van der Waals surface area contributed by atoms with Gasteiger partial charge in [0.05, 0.1) is 21.7 Å². The fourth-order valence-electron chi connectivity index (χ4n) is 2.44. The fraction of sp³-hybridized carbons (Fsp3) is 0.222. The molecule has 136 valence electrons. The molecular formula is C18H18Cl2N4OS. The number of nitrogens with zero attached hydrogens (tertiary/aromatic N) is 4. The molecule has 1 aromatic heterocycles. The third kappa shape index (κ3) is 3.99. The molecule has 0 saturated heterocycles. The van der Waals surface area contributed by atoms with Gasteiger partial charge >= 0.3 is 0 Å². The van der Waals surface area contributed by atoms with Crippen LogP contribution in [0.15, 0.2) is 47.6 Å². The van der Waals surface area contributed by atoms with Gasteiger partial charge in [0.25, 0.3) is 0 Å². The topological polar surface area (TPSA) is 43.2 Å². The summed E-state index contributed by atoms with van der Waals surface area (Å²) < 4.78 is 7.13. The molecule has 0 fully saturated rings. The Morgan fingerprint density at radius 3 is 2.58 bits per heavy atom. The molecule has 26 heavy (non-hydrogen) atoms. The molecule has 0 unspecified atom stereocenters. The third-order valence-corrected chi connectivity index (χ3v) is 5.34. The Morgan fingerprint density at radius 1 is 1.08 bits per heavy atom. The molecule has 3 aromatic rings. The number of anilines is 1. The number of halogens is 2. The van der Waals surface area contributed by atoms with Gasteiger partial charge in [0.1, 0.15) is 0 Å². The molecule has 0 saturated carbocycles. The van der Waals surface area contributed by atoms with Crippen molar-refractivity contribution in [2.45, 2.75) is 5.16 Å². The van der Waals surface area contributed by atoms with Crippen LogP contribution in [0.2, 0.25) is 10.0 Å². The van der Waals surface area contributed by atoms with E-state index in [4.69, 9.17) is 27.9 Å². The van der Waals surface area contributed by atoms with E-state index in [2.05, 4.69) is 16.3 Å². The maximum absolute atomic E-state index is 6.23. The summed E-state index contributed by atoms with van der Waals surface area (Å²) in [6.45, 7) is 0. The van der Waals surface area contributed by atoms with Gasteiger partial charge in [-0.15, -0.1) is 10.2 Å². The van der Waals surface area contributed by atoms with Crippen LogP contribution in [0, 0.1) is 0 Å². The molecule has 0 spiro atoms. The van der Waals surface area contributed by atoms with Crippen LogP contribution in [0.25, 0.3) is 17.1 Å². The van der Waals surface area contributed by atoms with Crippen LogP contribution >= 0.6 is 35.0 Å². The zero-order valence-corrected chi connectivity index (χ0v) is 16.9. The fourth-order valence-corrected chi connectivity index (χ4v) is 3.38. The van der Waals surface area contributed by atoms with Gasteiger partial charge in [0.2, 0.25) is 0 Å². The van der Waals surface area contributed by atoms with Crippen molar-refractivity contribution in [3.63, 3.8) is 0 Å². The Hall–Kier alpha value is -1.73. The molecule has 0 N–H and O–H groups in total. The van der Waals surface area contributed by atoms with Gasteiger partial charge in [-0.3, -0.25) is 4.57 Å². The summed E-state index contributed by atoms with van der Waals surface area (Å²) in [5.74, 6) is 1.20. The number of methoxy groups -OCH3 is 1. The van der Waals surface area contributed by atoms with E-state index in [1.165, 1.54) is 11.8 Å². The van der Waals surface area contributed by atoms with E-state index in [0.717, 1.165) is 27.9 Å². The van der Waals surface area contributed by atoms with Gasteiger partial charge < -0.3 is 9.64 Å². The minimum atomic E-state index is 0.469. The summed E-state index contributed by atoms with van der Waals surface area (Å²) in [7, 11) is 5.65. The van der Waals surface area contributed by atoms with E-state index in [1.54, 1.807) is 13.2 Å². The van der Waals surface area contributed by atoms with Crippen LogP contribution in [0.1, 0.15) is 0 Å². The summed E-state index contributed by atoms with van der Waals surface area (Å²) in [6, 6.07) is 13.6. The minimum absolute atomic E-state index is 0.469. The first-order chi connectivity index (χ1) is 12.5. The highest BCUT2D eigenvalue weighted by atomic mass is 35.5. The summed E-state index contributed by atoms with van der Waals surface area (Å²) in [6.07, 6.45) is 0. The number of rotatable bonds is 6. The van der Waals surface area contributed by atoms with E-state index < -0.39 is 0 Å². The van der Waals surface area contributed by atoms with Gasteiger partial charge in [0, 0.05) is 32.5 Å². The Morgan fingerprint density at radius 2 is 1.88 bits per heavy atom. The van der Waals surface area contributed by atoms with E-state index in [-0.39, 0.29) is 0 Å². The van der Waals surface area contributed by atoms with Crippen LogP contribution < -0.4 is 4.90 Å². The van der Waals surface area contributed by atoms with Crippen molar-refractivity contribution in [1.29, 1.82) is 0 Å². The largest absolute Gasteiger partial charge is 0.378 e. The molecule has 0 aliphatic heterocycles. The van der Waals surface area contributed by atoms with Crippen LogP contribution in [0.4, 0.5) is 5.69 Å². The minimum Gasteiger partial charge on any atom is -0.378 e. The van der Waals surface area contributed by atoms with Crippen molar-refractivity contribution in [1.82, 2.24) is 14.8 Å². The first-order valence-corrected chi connectivity index (χ1v) is 9.55. The molecule has 2 aromatic carbocycles. The maximum Gasteiger partial charge on any atom is 0.198 e. The number of aromatic nitrogens is 3. The standard InChI is InChI=1S/C18H18Cl2N4OS/c1-23(2)13-6-4-5-12(9-13)17-21-22-18(26-11-25-3)24(17)14-7-8-15(19)16(20)10-14/h4-10H,11H2,1-3H3. The smallest absolute Gasteiger partial charge is 0.198 e. The van der Waals surface area contributed by atoms with E-state index in [1.807, 2.05) is 53.9 Å². The first-order valence-electron chi connectivity index (χ1n) is 7.81. The molecule has 0 atom stereocenters. The van der Waals surface area contributed by atoms with Gasteiger partial charge in [-0.05, 0) is 30.3 Å². The molecule has 0 aliphatic rings. The van der Waals surface area contributed by atoms with Crippen molar-refractivity contribution in [3.05, 3.63) is 52.5 Å². The lowest BCUT2D eigenvalue weighted by Gasteiger charge is -2.15. The molecule has 0 aliphatic carbocycles. The Labute approximate surface area is 166 Å². The molecule has 5 nitrogen and oxygen atoms in total. The number of thioether (sulfide) groups is 1. The molecular weight excluding hydrogens is 391 g/mol. The summed E-state index contributed by atoms with van der Waals surface area (Å²) in [4.78, 5) is 2.05. The molecule has 0 radical (unpaired) electrons. The number of benzene rings is 2. The highest BCUT2D eigenvalue weighted by Gasteiger charge is 2.17.